The summed E-state index contributed by atoms with van der Waals surface area (Å²) in [6.45, 7) is 4.51. The smallest absolute Gasteiger partial charge is 0.273 e. The molecule has 7 nitrogen and oxygen atoms in total. The SMILES string of the molecule is COc1ccc(CN2C(=O)c3cc(C)nn3C[C@@]2(C)C(=O)NCc2ccc(Cl)cc2)cc1. The number of halogens is 1. The lowest BCUT2D eigenvalue weighted by atomic mass is 9.94. The first-order chi connectivity index (χ1) is 15.3. The second kappa shape index (κ2) is 8.67. The molecule has 0 radical (unpaired) electrons. The van der Waals surface area contributed by atoms with Gasteiger partial charge in [-0.3, -0.25) is 14.3 Å². The van der Waals surface area contributed by atoms with E-state index in [1.807, 2.05) is 43.3 Å². The van der Waals surface area contributed by atoms with Crippen molar-refractivity contribution >= 4 is 23.4 Å². The highest BCUT2D eigenvalue weighted by Crippen LogP contribution is 2.30. The number of carbonyl (C=O) groups is 2. The second-order valence-corrected chi connectivity index (χ2v) is 8.59. The number of hydrogen-bond acceptors (Lipinski definition) is 4. The Morgan fingerprint density at radius 1 is 1.16 bits per heavy atom. The number of amides is 2. The Morgan fingerprint density at radius 2 is 1.81 bits per heavy atom. The molecule has 0 bridgehead atoms. The van der Waals surface area contributed by atoms with Crippen LogP contribution in [0.3, 0.4) is 0 Å². The summed E-state index contributed by atoms with van der Waals surface area (Å²) in [5.74, 6) is 0.265. The quantitative estimate of drug-likeness (QED) is 0.620. The third kappa shape index (κ3) is 4.21. The molecule has 1 aliphatic rings. The Kier molecular flexibility index (Phi) is 5.93. The fourth-order valence-corrected chi connectivity index (χ4v) is 4.03. The first kappa shape index (κ1) is 21.9. The van der Waals surface area contributed by atoms with Gasteiger partial charge < -0.3 is 15.0 Å². The lowest BCUT2D eigenvalue weighted by molar-refractivity contribution is -0.133. The fourth-order valence-electron chi connectivity index (χ4n) is 3.91. The van der Waals surface area contributed by atoms with Gasteiger partial charge in [0.25, 0.3) is 5.91 Å². The van der Waals surface area contributed by atoms with E-state index < -0.39 is 5.54 Å². The van der Waals surface area contributed by atoms with Crippen LogP contribution >= 0.6 is 11.6 Å². The van der Waals surface area contributed by atoms with E-state index in [0.717, 1.165) is 22.6 Å². The molecule has 2 aromatic carbocycles. The van der Waals surface area contributed by atoms with Gasteiger partial charge >= 0.3 is 0 Å². The summed E-state index contributed by atoms with van der Waals surface area (Å²) in [7, 11) is 1.61. The molecule has 0 spiro atoms. The monoisotopic (exact) mass is 452 g/mol. The van der Waals surface area contributed by atoms with Crippen LogP contribution in [0, 0.1) is 6.92 Å². The Hall–Kier alpha value is -3.32. The first-order valence-electron chi connectivity index (χ1n) is 10.3. The van der Waals surface area contributed by atoms with Gasteiger partial charge in [0, 0.05) is 18.1 Å². The molecule has 8 heteroatoms. The van der Waals surface area contributed by atoms with Crippen LogP contribution in [0.2, 0.25) is 5.02 Å². The highest BCUT2D eigenvalue weighted by atomic mass is 35.5. The van der Waals surface area contributed by atoms with Gasteiger partial charge in [-0.2, -0.15) is 5.10 Å². The van der Waals surface area contributed by atoms with Gasteiger partial charge in [0.1, 0.15) is 17.0 Å². The molecule has 2 heterocycles. The molecule has 166 valence electrons. The molecule has 1 aliphatic heterocycles. The molecule has 32 heavy (non-hydrogen) atoms. The third-order valence-corrected chi connectivity index (χ3v) is 6.03. The van der Waals surface area contributed by atoms with Crippen molar-refractivity contribution in [3.05, 3.63) is 82.1 Å². The second-order valence-electron chi connectivity index (χ2n) is 8.15. The summed E-state index contributed by atoms with van der Waals surface area (Å²) in [4.78, 5) is 28.5. The lowest BCUT2D eigenvalue weighted by Gasteiger charge is -2.43. The number of carbonyl (C=O) groups excluding carboxylic acids is 2. The normalized spacial score (nSPS) is 17.8. The van der Waals surface area contributed by atoms with Gasteiger partial charge in [-0.05, 0) is 55.3 Å². The molecule has 0 saturated carbocycles. The number of ether oxygens (including phenoxy) is 1. The van der Waals surface area contributed by atoms with E-state index in [9.17, 15) is 9.59 Å². The van der Waals surface area contributed by atoms with Crippen molar-refractivity contribution in [2.75, 3.05) is 7.11 Å². The summed E-state index contributed by atoms with van der Waals surface area (Å²) < 4.78 is 6.85. The van der Waals surface area contributed by atoms with Crippen molar-refractivity contribution in [3.63, 3.8) is 0 Å². The summed E-state index contributed by atoms with van der Waals surface area (Å²) in [5, 5.41) is 8.05. The van der Waals surface area contributed by atoms with Crippen LogP contribution < -0.4 is 10.1 Å². The van der Waals surface area contributed by atoms with Crippen molar-refractivity contribution < 1.29 is 14.3 Å². The summed E-state index contributed by atoms with van der Waals surface area (Å²) >= 11 is 5.95. The van der Waals surface area contributed by atoms with Crippen molar-refractivity contribution in [1.82, 2.24) is 20.0 Å². The molecular formula is C24H25ClN4O3. The number of aromatic nitrogens is 2. The molecule has 3 aromatic rings. The number of aryl methyl sites for hydroxylation is 1. The zero-order chi connectivity index (χ0) is 22.9. The molecule has 4 rings (SSSR count). The standard InChI is InChI=1S/C24H25ClN4O3/c1-16-12-21-22(30)28(14-18-6-10-20(32-3)11-7-18)24(2,15-29(21)27-16)23(31)26-13-17-4-8-19(25)9-5-17/h4-12H,13-15H2,1-3H3,(H,26,31)/t24-/m0/s1. The van der Waals surface area contributed by atoms with E-state index >= 15 is 0 Å². The van der Waals surface area contributed by atoms with Gasteiger partial charge in [0.15, 0.2) is 0 Å². The molecule has 2 amide bonds. The average molecular weight is 453 g/mol. The molecule has 0 fully saturated rings. The number of benzene rings is 2. The minimum absolute atomic E-state index is 0.225. The van der Waals surface area contributed by atoms with Crippen molar-refractivity contribution in [3.8, 4) is 5.75 Å². The fraction of sp³-hybridized carbons (Fsp3) is 0.292. The van der Waals surface area contributed by atoms with Crippen LogP contribution in [0.5, 0.6) is 5.75 Å². The molecule has 1 atom stereocenters. The predicted molar refractivity (Wildman–Crippen MR) is 122 cm³/mol. The van der Waals surface area contributed by atoms with E-state index in [2.05, 4.69) is 10.4 Å². The Bertz CT molecular complexity index is 1140. The van der Waals surface area contributed by atoms with Crippen LogP contribution in [-0.2, 0) is 24.4 Å². The minimum atomic E-state index is -1.12. The summed E-state index contributed by atoms with van der Waals surface area (Å²) in [6.07, 6.45) is 0. The number of rotatable bonds is 6. The van der Waals surface area contributed by atoms with E-state index in [1.165, 1.54) is 0 Å². The van der Waals surface area contributed by atoms with Crippen LogP contribution in [0.4, 0.5) is 0 Å². The predicted octanol–water partition coefficient (Wildman–Crippen LogP) is 3.58. The van der Waals surface area contributed by atoms with Crippen molar-refractivity contribution in [1.29, 1.82) is 0 Å². The lowest BCUT2D eigenvalue weighted by Crippen LogP contribution is -2.63. The van der Waals surface area contributed by atoms with Crippen LogP contribution in [0.25, 0.3) is 0 Å². The first-order valence-corrected chi connectivity index (χ1v) is 10.7. The highest BCUT2D eigenvalue weighted by molar-refractivity contribution is 6.30. The van der Waals surface area contributed by atoms with E-state index in [1.54, 1.807) is 41.8 Å². The number of hydrogen-bond donors (Lipinski definition) is 1. The molecule has 0 saturated heterocycles. The Balaban J connectivity index is 1.62. The van der Waals surface area contributed by atoms with Gasteiger partial charge in [-0.1, -0.05) is 35.9 Å². The van der Waals surface area contributed by atoms with Gasteiger partial charge in [-0.25, -0.2) is 0 Å². The van der Waals surface area contributed by atoms with Gasteiger partial charge in [0.2, 0.25) is 5.91 Å². The zero-order valence-corrected chi connectivity index (χ0v) is 19.0. The maximum absolute atomic E-state index is 13.4. The Labute approximate surface area is 191 Å². The van der Waals surface area contributed by atoms with Gasteiger partial charge in [0.05, 0.1) is 19.3 Å². The van der Waals surface area contributed by atoms with Crippen LogP contribution in [-0.4, -0.2) is 39.1 Å². The average Bonchev–Trinajstić information content (AvgIpc) is 3.16. The summed E-state index contributed by atoms with van der Waals surface area (Å²) in [6, 6.07) is 16.5. The molecule has 1 N–H and O–H groups in total. The topological polar surface area (TPSA) is 76.5 Å². The number of nitrogens with one attached hydrogen (secondary N) is 1. The van der Waals surface area contributed by atoms with Gasteiger partial charge in [-0.15, -0.1) is 0 Å². The maximum atomic E-state index is 13.4. The third-order valence-electron chi connectivity index (χ3n) is 5.78. The maximum Gasteiger partial charge on any atom is 0.273 e. The van der Waals surface area contributed by atoms with Crippen molar-refractivity contribution in [2.24, 2.45) is 0 Å². The van der Waals surface area contributed by atoms with E-state index in [0.29, 0.717) is 17.3 Å². The summed E-state index contributed by atoms with van der Waals surface area (Å²) in [5.41, 5.74) is 1.93. The zero-order valence-electron chi connectivity index (χ0n) is 18.3. The van der Waals surface area contributed by atoms with E-state index in [-0.39, 0.29) is 24.9 Å². The minimum Gasteiger partial charge on any atom is -0.497 e. The molecule has 1 aromatic heterocycles. The highest BCUT2D eigenvalue weighted by Gasteiger charge is 2.47. The molecule has 0 unspecified atom stereocenters. The van der Waals surface area contributed by atoms with Crippen molar-refractivity contribution in [2.45, 2.75) is 39.0 Å². The van der Waals surface area contributed by atoms with E-state index in [4.69, 9.17) is 16.3 Å². The number of nitrogens with zero attached hydrogens (tertiary/aromatic N) is 3. The van der Waals surface area contributed by atoms with Crippen LogP contribution in [0.1, 0.15) is 34.2 Å². The Morgan fingerprint density at radius 3 is 2.47 bits per heavy atom. The number of fused-ring (bicyclic) bond motifs is 1. The largest absolute Gasteiger partial charge is 0.497 e. The number of methoxy groups -OCH3 is 1. The van der Waals surface area contributed by atoms with Crippen LogP contribution in [0.15, 0.2) is 54.6 Å². The molecular weight excluding hydrogens is 428 g/mol. The molecule has 0 aliphatic carbocycles.